The number of nitrogens with two attached hydrogens (primary N) is 1. The van der Waals surface area contributed by atoms with E-state index in [1.165, 1.54) is 6.42 Å². The zero-order chi connectivity index (χ0) is 19.5. The molecule has 28 heavy (non-hydrogen) atoms. The van der Waals surface area contributed by atoms with Crippen LogP contribution in [0.3, 0.4) is 0 Å². The molecule has 0 aliphatic carbocycles. The molecule has 5 rings (SSSR count). The number of amides is 2. The third kappa shape index (κ3) is 4.31. The van der Waals surface area contributed by atoms with Gasteiger partial charge in [0.1, 0.15) is 5.75 Å². The molecule has 7 heteroatoms. The molecule has 1 aromatic carbocycles. The van der Waals surface area contributed by atoms with Crippen LogP contribution in [0.2, 0.25) is 0 Å². The van der Waals surface area contributed by atoms with E-state index in [0.29, 0.717) is 23.3 Å². The molecule has 0 spiro atoms. The summed E-state index contributed by atoms with van der Waals surface area (Å²) in [5, 5.41) is 0. The van der Waals surface area contributed by atoms with Gasteiger partial charge in [0.25, 0.3) is 11.8 Å². The molecular weight excluding hydrogens is 358 g/mol. The van der Waals surface area contributed by atoms with Gasteiger partial charge >= 0.3 is 0 Å². The fourth-order valence-electron chi connectivity index (χ4n) is 4.75. The maximum atomic E-state index is 13.3. The average molecular weight is 387 g/mol. The van der Waals surface area contributed by atoms with Crippen molar-refractivity contribution in [1.29, 1.82) is 0 Å². The van der Waals surface area contributed by atoms with E-state index >= 15 is 0 Å². The Hall–Kier alpha value is -2.12. The molecule has 4 saturated heterocycles. The molecule has 4 aliphatic rings. The molecule has 2 N–H and O–H groups in total. The summed E-state index contributed by atoms with van der Waals surface area (Å²) in [5.74, 6) is 0.538. The van der Waals surface area contributed by atoms with Crippen LogP contribution in [0.25, 0.3) is 0 Å². The van der Waals surface area contributed by atoms with Gasteiger partial charge in [0.05, 0.1) is 0 Å². The largest absolute Gasteiger partial charge is 0.484 e. The van der Waals surface area contributed by atoms with Crippen molar-refractivity contribution in [2.24, 2.45) is 11.7 Å². The molecule has 0 saturated carbocycles. The van der Waals surface area contributed by atoms with E-state index in [1.807, 2.05) is 6.07 Å². The maximum Gasteiger partial charge on any atom is 0.255 e. The number of fused-ring (bicyclic) bond motifs is 4. The Morgan fingerprint density at radius 3 is 2.68 bits per heavy atom. The van der Waals surface area contributed by atoms with Gasteiger partial charge in [-0.2, -0.15) is 0 Å². The number of carbonyl (C=O) groups is 2. The van der Waals surface area contributed by atoms with Gasteiger partial charge in [-0.15, -0.1) is 0 Å². The third-order valence-corrected chi connectivity index (χ3v) is 6.17. The molecule has 1 aromatic rings. The summed E-state index contributed by atoms with van der Waals surface area (Å²) in [6, 6.07) is 7.88. The molecule has 2 amide bonds. The van der Waals surface area contributed by atoms with Crippen LogP contribution in [-0.4, -0.2) is 73.2 Å². The van der Waals surface area contributed by atoms with Crippen molar-refractivity contribution < 1.29 is 19.1 Å². The van der Waals surface area contributed by atoms with Crippen molar-refractivity contribution in [2.75, 3.05) is 39.5 Å². The van der Waals surface area contributed by atoms with E-state index in [9.17, 15) is 9.59 Å². The Bertz CT molecular complexity index is 719. The highest BCUT2D eigenvalue weighted by molar-refractivity contribution is 5.95. The second kappa shape index (κ2) is 8.49. The van der Waals surface area contributed by atoms with Crippen molar-refractivity contribution in [3.63, 3.8) is 0 Å². The van der Waals surface area contributed by atoms with E-state index in [4.69, 9.17) is 15.2 Å². The summed E-state index contributed by atoms with van der Waals surface area (Å²) in [6.07, 6.45) is 4.43. The van der Waals surface area contributed by atoms with Crippen LogP contribution in [-0.2, 0) is 9.53 Å². The van der Waals surface area contributed by atoms with Crippen molar-refractivity contribution in [3.05, 3.63) is 29.8 Å². The van der Waals surface area contributed by atoms with Crippen molar-refractivity contribution in [2.45, 2.75) is 37.8 Å². The Morgan fingerprint density at radius 1 is 1.07 bits per heavy atom. The number of benzene rings is 1. The zero-order valence-corrected chi connectivity index (χ0v) is 16.2. The van der Waals surface area contributed by atoms with Crippen molar-refractivity contribution in [3.8, 4) is 5.75 Å². The number of carbonyl (C=O) groups excluding carboxylic acids is 2. The lowest BCUT2D eigenvalue weighted by Gasteiger charge is -2.37. The molecule has 2 atom stereocenters. The molecule has 4 fully saturated rings. The van der Waals surface area contributed by atoms with Crippen LogP contribution in [0.4, 0.5) is 0 Å². The minimum atomic E-state index is -0.533. The van der Waals surface area contributed by atoms with Gasteiger partial charge in [0.15, 0.2) is 6.61 Å². The second-order valence-electron chi connectivity index (χ2n) is 8.13. The lowest BCUT2D eigenvalue weighted by atomic mass is 9.94. The molecule has 0 radical (unpaired) electrons. The van der Waals surface area contributed by atoms with Crippen LogP contribution < -0.4 is 10.5 Å². The fourth-order valence-corrected chi connectivity index (χ4v) is 4.75. The number of primary amides is 1. The summed E-state index contributed by atoms with van der Waals surface area (Å²) >= 11 is 0. The summed E-state index contributed by atoms with van der Waals surface area (Å²) in [5.41, 5.74) is 5.74. The van der Waals surface area contributed by atoms with Crippen LogP contribution in [0.1, 0.15) is 36.0 Å². The summed E-state index contributed by atoms with van der Waals surface area (Å²) in [7, 11) is 0. The minimum Gasteiger partial charge on any atom is -0.484 e. The predicted octanol–water partition coefficient (Wildman–Crippen LogP) is 1.27. The van der Waals surface area contributed by atoms with Gasteiger partial charge in [-0.05, 0) is 49.8 Å². The van der Waals surface area contributed by atoms with Gasteiger partial charge in [-0.1, -0.05) is 6.07 Å². The highest BCUT2D eigenvalue weighted by Crippen LogP contribution is 2.32. The first-order valence-electron chi connectivity index (χ1n) is 10.2. The van der Waals surface area contributed by atoms with Crippen LogP contribution in [0.5, 0.6) is 5.75 Å². The van der Waals surface area contributed by atoms with Crippen LogP contribution in [0, 0.1) is 5.92 Å². The first-order chi connectivity index (χ1) is 13.6. The van der Waals surface area contributed by atoms with Crippen LogP contribution in [0.15, 0.2) is 24.3 Å². The van der Waals surface area contributed by atoms with E-state index < -0.39 is 5.91 Å². The summed E-state index contributed by atoms with van der Waals surface area (Å²) in [4.78, 5) is 28.8. The van der Waals surface area contributed by atoms with Gasteiger partial charge in [0.2, 0.25) is 0 Å². The highest BCUT2D eigenvalue weighted by Gasteiger charge is 2.39. The Kier molecular flexibility index (Phi) is 5.82. The smallest absolute Gasteiger partial charge is 0.255 e. The molecule has 4 aliphatic heterocycles. The molecule has 4 heterocycles. The minimum absolute atomic E-state index is 0.0491. The predicted molar refractivity (Wildman–Crippen MR) is 104 cm³/mol. The summed E-state index contributed by atoms with van der Waals surface area (Å²) in [6.45, 7) is 4.34. The average Bonchev–Trinajstić information content (AvgIpc) is 3.05. The Balaban J connectivity index is 1.46. The van der Waals surface area contributed by atoms with Crippen molar-refractivity contribution in [1.82, 2.24) is 9.80 Å². The van der Waals surface area contributed by atoms with E-state index in [2.05, 4.69) is 9.80 Å². The molecule has 7 nitrogen and oxygen atoms in total. The van der Waals surface area contributed by atoms with Gasteiger partial charge in [0, 0.05) is 50.5 Å². The number of rotatable bonds is 5. The second-order valence-corrected chi connectivity index (χ2v) is 8.13. The number of ether oxygens (including phenoxy) is 2. The van der Waals surface area contributed by atoms with E-state index in [-0.39, 0.29) is 18.6 Å². The first kappa shape index (κ1) is 19.2. The van der Waals surface area contributed by atoms with Crippen LogP contribution >= 0.6 is 0 Å². The summed E-state index contributed by atoms with van der Waals surface area (Å²) < 4.78 is 10.9. The molecule has 0 unspecified atom stereocenters. The van der Waals surface area contributed by atoms with Crippen molar-refractivity contribution >= 4 is 11.8 Å². The van der Waals surface area contributed by atoms with Gasteiger partial charge in [-0.25, -0.2) is 0 Å². The lowest BCUT2D eigenvalue weighted by molar-refractivity contribution is -0.119. The SMILES string of the molecule is NC(=O)COc1cccc(C(=O)N2C[C@H]3CC[C@@H]2CN(C2CCOCC2)C3)c1. The topological polar surface area (TPSA) is 85.1 Å². The standard InChI is InChI=1S/C21H29N3O4/c22-20(25)14-28-19-3-1-2-16(10-19)21(26)24-12-15-4-5-18(24)13-23(11-15)17-6-8-27-9-7-17/h1-3,10,15,17-18H,4-9,11-14H2,(H2,22,25)/t15-,18+/m0/s1. The Morgan fingerprint density at radius 2 is 1.89 bits per heavy atom. The van der Waals surface area contributed by atoms with E-state index in [1.54, 1.807) is 18.2 Å². The molecule has 2 bridgehead atoms. The Labute approximate surface area is 165 Å². The quantitative estimate of drug-likeness (QED) is 0.822. The van der Waals surface area contributed by atoms with Gasteiger partial charge in [-0.3, -0.25) is 14.5 Å². The first-order valence-corrected chi connectivity index (χ1v) is 10.2. The molecular formula is C21H29N3O4. The number of hydrogen-bond donors (Lipinski definition) is 1. The maximum absolute atomic E-state index is 13.3. The monoisotopic (exact) mass is 387 g/mol. The number of nitrogens with zero attached hydrogens (tertiary/aromatic N) is 2. The highest BCUT2D eigenvalue weighted by atomic mass is 16.5. The lowest BCUT2D eigenvalue weighted by Crippen LogP contribution is -2.48. The third-order valence-electron chi connectivity index (χ3n) is 6.17. The zero-order valence-electron chi connectivity index (χ0n) is 16.2. The number of hydrogen-bond acceptors (Lipinski definition) is 5. The number of piperidine rings is 1. The molecule has 0 aromatic heterocycles. The van der Waals surface area contributed by atoms with E-state index in [0.717, 1.165) is 52.1 Å². The molecule has 152 valence electrons. The normalized spacial score (nSPS) is 26.1. The van der Waals surface area contributed by atoms with Gasteiger partial charge < -0.3 is 20.1 Å². The fraction of sp³-hybridized carbons (Fsp3) is 0.619.